The number of hydrogen-bond donors (Lipinski definition) is 0. The summed E-state index contributed by atoms with van der Waals surface area (Å²) in [6.45, 7) is 3.71. The summed E-state index contributed by atoms with van der Waals surface area (Å²) < 4.78 is 7.08. The van der Waals surface area contributed by atoms with Gasteiger partial charge in [0.2, 0.25) is 0 Å². The molecule has 4 rings (SSSR count). The highest BCUT2D eigenvalue weighted by Crippen LogP contribution is 2.29. The molecule has 0 spiro atoms. The zero-order valence-corrected chi connectivity index (χ0v) is 17.1. The van der Waals surface area contributed by atoms with Crippen LogP contribution in [0.3, 0.4) is 0 Å². The number of nitrogens with zero attached hydrogens (tertiary/aromatic N) is 3. The Morgan fingerprint density at radius 2 is 1.76 bits per heavy atom. The summed E-state index contributed by atoms with van der Waals surface area (Å²) in [5, 5.41) is 5.33. The Kier molecular flexibility index (Phi) is 4.98. The van der Waals surface area contributed by atoms with Crippen molar-refractivity contribution in [3.05, 3.63) is 75.0 Å². The third-order valence-corrected chi connectivity index (χ3v) is 5.61. The number of carbonyl (C=O) groups is 1. The van der Waals surface area contributed by atoms with Gasteiger partial charge in [-0.15, -0.1) is 11.3 Å². The van der Waals surface area contributed by atoms with E-state index in [1.165, 1.54) is 16.0 Å². The van der Waals surface area contributed by atoms with Crippen LogP contribution >= 0.6 is 11.3 Å². The molecule has 0 fully saturated rings. The minimum Gasteiger partial charge on any atom is -0.497 e. The Bertz CT molecular complexity index is 1260. The van der Waals surface area contributed by atoms with E-state index in [0.717, 1.165) is 20.8 Å². The average molecular weight is 405 g/mol. The van der Waals surface area contributed by atoms with Crippen LogP contribution in [0.4, 0.5) is 0 Å². The van der Waals surface area contributed by atoms with Gasteiger partial charge < -0.3 is 4.74 Å². The fraction of sp³-hybridized carbons (Fsp3) is 0.182. The van der Waals surface area contributed by atoms with E-state index < -0.39 is 0 Å². The van der Waals surface area contributed by atoms with Crippen LogP contribution in [-0.2, 0) is 6.54 Å². The van der Waals surface area contributed by atoms with Crippen molar-refractivity contribution in [1.29, 1.82) is 0 Å². The molecule has 0 radical (unpaired) electrons. The molecule has 0 saturated heterocycles. The fourth-order valence-corrected chi connectivity index (χ4v) is 4.00. The summed E-state index contributed by atoms with van der Waals surface area (Å²) in [4.78, 5) is 30.1. The summed E-state index contributed by atoms with van der Waals surface area (Å²) >= 11 is 1.43. The van der Waals surface area contributed by atoms with Crippen molar-refractivity contribution in [2.24, 2.45) is 0 Å². The van der Waals surface area contributed by atoms with Gasteiger partial charge in [-0.3, -0.25) is 9.59 Å². The molecule has 2 heterocycles. The lowest BCUT2D eigenvalue weighted by molar-refractivity contribution is 0.0966. The quantitative estimate of drug-likeness (QED) is 0.469. The van der Waals surface area contributed by atoms with Crippen molar-refractivity contribution in [2.45, 2.75) is 20.4 Å². The maximum Gasteiger partial charge on any atom is 0.294 e. The monoisotopic (exact) mass is 405 g/mol. The molecule has 2 aromatic carbocycles. The number of hydrogen-bond acceptors (Lipinski definition) is 6. The van der Waals surface area contributed by atoms with Crippen LogP contribution in [0, 0.1) is 13.8 Å². The smallest absolute Gasteiger partial charge is 0.294 e. The minimum absolute atomic E-state index is 0.156. The molecular weight excluding hydrogens is 386 g/mol. The van der Waals surface area contributed by atoms with Gasteiger partial charge in [-0.1, -0.05) is 29.8 Å². The number of rotatable bonds is 5. The molecule has 0 N–H and O–H groups in total. The highest BCUT2D eigenvalue weighted by atomic mass is 32.1. The Morgan fingerprint density at radius 3 is 2.41 bits per heavy atom. The molecule has 29 heavy (non-hydrogen) atoms. The number of ketones is 1. The van der Waals surface area contributed by atoms with Gasteiger partial charge in [-0.25, -0.2) is 9.67 Å². The van der Waals surface area contributed by atoms with Crippen molar-refractivity contribution in [3.63, 3.8) is 0 Å². The second kappa shape index (κ2) is 7.60. The SMILES string of the molecule is COc1ccc(C(=O)Cn2nc(-c3ccc(C)cc3)c3sc(C)nc3c2=O)cc1. The number of aromatic nitrogens is 3. The van der Waals surface area contributed by atoms with Crippen LogP contribution in [0.25, 0.3) is 21.5 Å². The molecule has 2 aromatic heterocycles. The van der Waals surface area contributed by atoms with Crippen molar-refractivity contribution in [1.82, 2.24) is 14.8 Å². The number of fused-ring (bicyclic) bond motifs is 1. The van der Waals surface area contributed by atoms with Gasteiger partial charge in [0.25, 0.3) is 5.56 Å². The van der Waals surface area contributed by atoms with Gasteiger partial charge in [0.1, 0.15) is 18.0 Å². The number of Topliss-reactive ketones (excluding diaryl/α,β-unsaturated/α-hetero) is 1. The van der Waals surface area contributed by atoms with Gasteiger partial charge in [-0.05, 0) is 38.1 Å². The van der Waals surface area contributed by atoms with Crippen molar-refractivity contribution in [3.8, 4) is 17.0 Å². The average Bonchev–Trinajstić information content (AvgIpc) is 3.13. The maximum atomic E-state index is 12.9. The van der Waals surface area contributed by atoms with Crippen LogP contribution in [0.5, 0.6) is 5.75 Å². The van der Waals surface area contributed by atoms with Crippen molar-refractivity contribution >= 4 is 27.3 Å². The molecule has 0 aliphatic heterocycles. The van der Waals surface area contributed by atoms with E-state index in [2.05, 4.69) is 10.1 Å². The third kappa shape index (κ3) is 3.69. The number of thiazole rings is 1. The molecule has 0 bridgehead atoms. The second-order valence-corrected chi connectivity index (χ2v) is 7.94. The van der Waals surface area contributed by atoms with Crippen molar-refractivity contribution < 1.29 is 9.53 Å². The highest BCUT2D eigenvalue weighted by Gasteiger charge is 2.18. The second-order valence-electron chi connectivity index (χ2n) is 6.74. The molecule has 4 aromatic rings. The molecule has 6 nitrogen and oxygen atoms in total. The van der Waals surface area contributed by atoms with Crippen LogP contribution in [0.2, 0.25) is 0 Å². The van der Waals surface area contributed by atoms with Gasteiger partial charge in [-0.2, -0.15) is 5.10 Å². The maximum absolute atomic E-state index is 12.9. The van der Waals surface area contributed by atoms with Gasteiger partial charge in [0.05, 0.1) is 16.8 Å². The van der Waals surface area contributed by atoms with E-state index >= 15 is 0 Å². The lowest BCUT2D eigenvalue weighted by Gasteiger charge is -2.09. The number of aryl methyl sites for hydroxylation is 2. The third-order valence-electron chi connectivity index (χ3n) is 4.64. The Hall–Kier alpha value is -3.32. The van der Waals surface area contributed by atoms with Crippen molar-refractivity contribution in [2.75, 3.05) is 7.11 Å². The van der Waals surface area contributed by atoms with E-state index in [0.29, 0.717) is 22.5 Å². The summed E-state index contributed by atoms with van der Waals surface area (Å²) in [6, 6.07) is 14.7. The Balaban J connectivity index is 1.79. The van der Waals surface area contributed by atoms with Crippen LogP contribution < -0.4 is 10.3 Å². The van der Waals surface area contributed by atoms with Crippen LogP contribution in [-0.4, -0.2) is 27.7 Å². The minimum atomic E-state index is -0.359. The molecule has 0 aliphatic rings. The zero-order valence-electron chi connectivity index (χ0n) is 16.3. The summed E-state index contributed by atoms with van der Waals surface area (Å²) in [5.74, 6) is 0.460. The first-order valence-electron chi connectivity index (χ1n) is 9.09. The Morgan fingerprint density at radius 1 is 1.07 bits per heavy atom. The van der Waals surface area contributed by atoms with Gasteiger partial charge in [0.15, 0.2) is 11.3 Å². The molecular formula is C22H19N3O3S. The number of carbonyl (C=O) groups excluding carboxylic acids is 1. The standard InChI is InChI=1S/C22H19N3O3S/c1-13-4-6-16(7-5-13)19-21-20(23-14(2)29-21)22(27)25(24-19)12-18(26)15-8-10-17(28-3)11-9-15/h4-11H,12H2,1-3H3. The topological polar surface area (TPSA) is 74.1 Å². The molecule has 146 valence electrons. The fourth-order valence-electron chi connectivity index (χ4n) is 3.08. The first-order valence-corrected chi connectivity index (χ1v) is 9.90. The van der Waals surface area contributed by atoms with Gasteiger partial charge in [0, 0.05) is 11.1 Å². The van der Waals surface area contributed by atoms with Gasteiger partial charge >= 0.3 is 0 Å². The summed E-state index contributed by atoms with van der Waals surface area (Å²) in [5.41, 5.74) is 3.16. The number of benzene rings is 2. The molecule has 0 saturated carbocycles. The lowest BCUT2D eigenvalue weighted by atomic mass is 10.1. The largest absolute Gasteiger partial charge is 0.497 e. The molecule has 0 amide bonds. The highest BCUT2D eigenvalue weighted by molar-refractivity contribution is 7.19. The summed E-state index contributed by atoms with van der Waals surface area (Å²) in [6.07, 6.45) is 0. The predicted octanol–water partition coefficient (Wildman–Crippen LogP) is 4.03. The summed E-state index contributed by atoms with van der Waals surface area (Å²) in [7, 11) is 1.57. The van der Waals surface area contributed by atoms with E-state index in [1.807, 2.05) is 38.1 Å². The normalized spacial score (nSPS) is 11.0. The first kappa shape index (κ1) is 19.0. The zero-order chi connectivity index (χ0) is 20.5. The van der Waals surface area contributed by atoms with Crippen LogP contribution in [0.15, 0.2) is 53.3 Å². The molecule has 0 unspecified atom stereocenters. The predicted molar refractivity (Wildman–Crippen MR) is 114 cm³/mol. The molecule has 0 aliphatic carbocycles. The number of ether oxygens (including phenoxy) is 1. The lowest BCUT2D eigenvalue weighted by Crippen LogP contribution is -2.27. The molecule has 0 atom stereocenters. The molecule has 7 heteroatoms. The number of methoxy groups -OCH3 is 1. The van der Waals surface area contributed by atoms with E-state index in [9.17, 15) is 9.59 Å². The van der Waals surface area contributed by atoms with E-state index in [1.54, 1.807) is 31.4 Å². The first-order chi connectivity index (χ1) is 14.0. The van der Waals surface area contributed by atoms with Crippen LogP contribution in [0.1, 0.15) is 20.9 Å². The Labute approximate surface area is 171 Å². The van der Waals surface area contributed by atoms with E-state index in [-0.39, 0.29) is 17.9 Å². The van der Waals surface area contributed by atoms with E-state index in [4.69, 9.17) is 4.74 Å².